The summed E-state index contributed by atoms with van der Waals surface area (Å²) < 4.78 is 67.8. The van der Waals surface area contributed by atoms with Gasteiger partial charge in [0.1, 0.15) is 6.04 Å². The molecule has 1 unspecified atom stereocenters. The number of hydrogen-bond acceptors (Lipinski definition) is 4. The van der Waals surface area contributed by atoms with Crippen molar-refractivity contribution in [3.05, 3.63) is 0 Å². The Kier molecular flexibility index (Phi) is 8.71. The molecule has 2 saturated heterocycles. The van der Waals surface area contributed by atoms with E-state index in [4.69, 9.17) is 0 Å². The first kappa shape index (κ1) is 21.9. The summed E-state index contributed by atoms with van der Waals surface area (Å²) >= 11 is 0. The minimum absolute atomic E-state index is 0. The van der Waals surface area contributed by atoms with Crippen LogP contribution in [0.25, 0.3) is 0 Å². The van der Waals surface area contributed by atoms with Gasteiger partial charge in [-0.05, 0) is 12.8 Å². The maximum Gasteiger partial charge on any atom is 0.405 e. The summed E-state index contributed by atoms with van der Waals surface area (Å²) in [5, 5.41) is 3.00. The first-order valence-electron chi connectivity index (χ1n) is 8.07. The summed E-state index contributed by atoms with van der Waals surface area (Å²) in [5.41, 5.74) is 0. The first-order valence-corrected chi connectivity index (χ1v) is 9.51. The molecule has 2 aliphatic rings. The Hall–Kier alpha value is -0.130. The van der Waals surface area contributed by atoms with Gasteiger partial charge in [-0.1, -0.05) is 12.8 Å². The predicted octanol–water partition coefficient (Wildman–Crippen LogP) is 0.955. The Bertz CT molecular complexity index is 464. The van der Waals surface area contributed by atoms with Gasteiger partial charge in [-0.25, -0.2) is 4.72 Å². The van der Waals surface area contributed by atoms with Crippen molar-refractivity contribution < 1.29 is 21.6 Å². The maximum atomic E-state index is 13.3. The molecule has 0 aromatic carbocycles. The van der Waals surface area contributed by atoms with Crippen LogP contribution >= 0.6 is 12.4 Å². The fraction of sp³-hybridized carbons (Fsp3) is 1.00. The molecule has 2 fully saturated rings. The maximum absolute atomic E-state index is 13.3. The number of alkyl halides is 3. The summed E-state index contributed by atoms with van der Waals surface area (Å²) in [4.78, 5) is 1.29. The topological polar surface area (TPSA) is 64.7 Å². The van der Waals surface area contributed by atoms with E-state index >= 15 is 0 Å². The Balaban J connectivity index is 0.00000288. The molecule has 0 bridgehead atoms. The van der Waals surface area contributed by atoms with Crippen LogP contribution < -0.4 is 10.0 Å². The van der Waals surface area contributed by atoms with E-state index in [0.29, 0.717) is 26.2 Å². The van der Waals surface area contributed by atoms with Crippen LogP contribution in [0.2, 0.25) is 0 Å². The molecule has 2 N–H and O–H groups in total. The molecule has 0 aliphatic carbocycles. The Morgan fingerprint density at radius 1 is 1.00 bits per heavy atom. The molecular formula is C13H26ClF3N4O2S. The van der Waals surface area contributed by atoms with Crippen molar-refractivity contribution >= 4 is 22.6 Å². The smallest absolute Gasteiger partial charge is 0.314 e. The lowest BCUT2D eigenvalue weighted by Crippen LogP contribution is -2.58. The monoisotopic (exact) mass is 394 g/mol. The van der Waals surface area contributed by atoms with Gasteiger partial charge in [0.15, 0.2) is 0 Å². The number of piperazine rings is 1. The highest BCUT2D eigenvalue weighted by Crippen LogP contribution is 2.25. The fourth-order valence-electron chi connectivity index (χ4n) is 3.00. The lowest BCUT2D eigenvalue weighted by atomic mass is 10.2. The van der Waals surface area contributed by atoms with Crippen LogP contribution in [-0.4, -0.2) is 75.7 Å². The summed E-state index contributed by atoms with van der Waals surface area (Å²) in [6, 6.07) is -1.79. The van der Waals surface area contributed by atoms with Gasteiger partial charge in [0.05, 0.1) is 0 Å². The van der Waals surface area contributed by atoms with E-state index in [1.807, 2.05) is 0 Å². The SMILES string of the molecule is Cl.O=S(=O)(NCC(N1CCNCC1)C(F)(F)F)N1CCCCCC1. The van der Waals surface area contributed by atoms with Crippen LogP contribution in [0, 0.1) is 0 Å². The van der Waals surface area contributed by atoms with Crippen molar-refractivity contribution in [2.24, 2.45) is 0 Å². The third-order valence-corrected chi connectivity index (χ3v) is 5.91. The second-order valence-corrected chi connectivity index (χ2v) is 7.77. The lowest BCUT2D eigenvalue weighted by molar-refractivity contribution is -0.182. The number of nitrogens with one attached hydrogen (secondary N) is 2. The molecule has 24 heavy (non-hydrogen) atoms. The van der Waals surface area contributed by atoms with Gasteiger partial charge in [0.25, 0.3) is 10.2 Å². The summed E-state index contributed by atoms with van der Waals surface area (Å²) in [6.07, 6.45) is -1.04. The van der Waals surface area contributed by atoms with Crippen LogP contribution in [0.4, 0.5) is 13.2 Å². The molecule has 6 nitrogen and oxygen atoms in total. The number of halogens is 4. The fourth-order valence-corrected chi connectivity index (χ4v) is 4.29. The molecule has 2 rings (SSSR count). The van der Waals surface area contributed by atoms with Crippen LogP contribution in [-0.2, 0) is 10.2 Å². The highest BCUT2D eigenvalue weighted by molar-refractivity contribution is 7.87. The van der Waals surface area contributed by atoms with E-state index < -0.39 is 29.0 Å². The molecule has 0 aromatic rings. The molecule has 2 heterocycles. The third-order valence-electron chi connectivity index (χ3n) is 4.33. The van der Waals surface area contributed by atoms with Gasteiger partial charge in [-0.3, -0.25) is 4.90 Å². The van der Waals surface area contributed by atoms with Gasteiger partial charge in [0, 0.05) is 45.8 Å². The van der Waals surface area contributed by atoms with Crippen molar-refractivity contribution in [1.82, 2.24) is 19.2 Å². The molecule has 2 aliphatic heterocycles. The first-order chi connectivity index (χ1) is 10.8. The predicted molar refractivity (Wildman–Crippen MR) is 88.5 cm³/mol. The van der Waals surface area contributed by atoms with Gasteiger partial charge in [0.2, 0.25) is 0 Å². The zero-order valence-electron chi connectivity index (χ0n) is 13.5. The molecule has 0 spiro atoms. The molecule has 0 amide bonds. The van der Waals surface area contributed by atoms with Gasteiger partial charge >= 0.3 is 6.18 Å². The molecule has 0 aromatic heterocycles. The van der Waals surface area contributed by atoms with E-state index in [-0.39, 0.29) is 25.5 Å². The van der Waals surface area contributed by atoms with Gasteiger partial charge < -0.3 is 5.32 Å². The van der Waals surface area contributed by atoms with E-state index in [0.717, 1.165) is 25.7 Å². The van der Waals surface area contributed by atoms with Crippen LogP contribution in [0.15, 0.2) is 0 Å². The second-order valence-electron chi connectivity index (χ2n) is 6.01. The molecule has 0 radical (unpaired) electrons. The van der Waals surface area contributed by atoms with Crippen LogP contribution in [0.1, 0.15) is 25.7 Å². The normalized spacial score (nSPS) is 23.3. The standard InChI is InChI=1S/C13H25F3N4O2S.ClH/c14-13(15,16)12(19-9-5-17-6-10-19)11-18-23(21,22)20-7-3-1-2-4-8-20;/h12,17-18H,1-11H2;1H. The Morgan fingerprint density at radius 2 is 1.54 bits per heavy atom. The molecule has 144 valence electrons. The largest absolute Gasteiger partial charge is 0.405 e. The highest BCUT2D eigenvalue weighted by atomic mass is 35.5. The molecule has 0 saturated carbocycles. The van der Waals surface area contributed by atoms with E-state index in [1.54, 1.807) is 0 Å². The Morgan fingerprint density at radius 3 is 2.04 bits per heavy atom. The van der Waals surface area contributed by atoms with Crippen LogP contribution in [0.3, 0.4) is 0 Å². The van der Waals surface area contributed by atoms with Crippen LogP contribution in [0.5, 0.6) is 0 Å². The second kappa shape index (κ2) is 9.54. The summed E-state index contributed by atoms with van der Waals surface area (Å²) in [5.74, 6) is 0. The van der Waals surface area contributed by atoms with Gasteiger partial charge in [-0.2, -0.15) is 25.9 Å². The quantitative estimate of drug-likeness (QED) is 0.729. The average molecular weight is 395 g/mol. The highest BCUT2D eigenvalue weighted by Gasteiger charge is 2.44. The zero-order valence-corrected chi connectivity index (χ0v) is 15.1. The average Bonchev–Trinajstić information content (AvgIpc) is 2.76. The molecule has 1 atom stereocenters. The zero-order chi connectivity index (χ0) is 16.9. The number of nitrogens with zero attached hydrogens (tertiary/aromatic N) is 2. The number of hydrogen-bond donors (Lipinski definition) is 2. The van der Waals surface area contributed by atoms with Crippen molar-refractivity contribution in [2.75, 3.05) is 45.8 Å². The summed E-state index contributed by atoms with van der Waals surface area (Å²) in [6.45, 7) is 1.59. The minimum Gasteiger partial charge on any atom is -0.314 e. The molecular weight excluding hydrogens is 369 g/mol. The lowest BCUT2D eigenvalue weighted by Gasteiger charge is -2.36. The third kappa shape index (κ3) is 6.30. The van der Waals surface area contributed by atoms with Crippen molar-refractivity contribution in [3.8, 4) is 0 Å². The minimum atomic E-state index is -4.46. The van der Waals surface area contributed by atoms with E-state index in [2.05, 4.69) is 10.0 Å². The van der Waals surface area contributed by atoms with Gasteiger partial charge in [-0.15, -0.1) is 12.4 Å². The van der Waals surface area contributed by atoms with E-state index in [9.17, 15) is 21.6 Å². The van der Waals surface area contributed by atoms with E-state index in [1.165, 1.54) is 9.21 Å². The summed E-state index contributed by atoms with van der Waals surface area (Å²) in [7, 11) is -3.86. The van der Waals surface area contributed by atoms with Crippen molar-refractivity contribution in [1.29, 1.82) is 0 Å². The Labute approximate surface area is 147 Å². The van der Waals surface area contributed by atoms with Crippen molar-refractivity contribution in [2.45, 2.75) is 37.9 Å². The number of rotatable bonds is 5. The molecule has 11 heteroatoms. The van der Waals surface area contributed by atoms with Crippen molar-refractivity contribution in [3.63, 3.8) is 0 Å².